The fourth-order valence-corrected chi connectivity index (χ4v) is 3.28. The third kappa shape index (κ3) is 4.19. The number of anilines is 1. The first-order chi connectivity index (χ1) is 9.20. The molecule has 6 nitrogen and oxygen atoms in total. The molecule has 8 heteroatoms. The number of benzene rings is 1. The van der Waals surface area contributed by atoms with Gasteiger partial charge < -0.3 is 5.32 Å². The summed E-state index contributed by atoms with van der Waals surface area (Å²) in [6.07, 6.45) is 0. The van der Waals surface area contributed by atoms with E-state index in [0.717, 1.165) is 4.31 Å². The van der Waals surface area contributed by atoms with E-state index in [2.05, 4.69) is 5.32 Å². The van der Waals surface area contributed by atoms with Gasteiger partial charge in [-0.3, -0.25) is 0 Å². The summed E-state index contributed by atoms with van der Waals surface area (Å²) in [5.74, 6) is 0.0478. The summed E-state index contributed by atoms with van der Waals surface area (Å²) in [7, 11) is -3.73. The van der Waals surface area contributed by atoms with Gasteiger partial charge in [0.05, 0.1) is 11.4 Å². The Kier molecular flexibility index (Phi) is 5.55. The van der Waals surface area contributed by atoms with E-state index in [-0.39, 0.29) is 22.9 Å². The highest BCUT2D eigenvalue weighted by Gasteiger charge is 2.20. The minimum atomic E-state index is -3.56. The number of para-hydroxylation sites is 1. The van der Waals surface area contributed by atoms with Crippen molar-refractivity contribution in [2.75, 3.05) is 37.5 Å². The molecule has 0 unspecified atom stereocenters. The fraction of sp³-hybridized carbons (Fsp3) is 0.500. The zero-order valence-electron chi connectivity index (χ0n) is 11.8. The van der Waals surface area contributed by atoms with Gasteiger partial charge in [0, 0.05) is 26.4 Å². The van der Waals surface area contributed by atoms with Gasteiger partial charge in [-0.05, 0) is 12.1 Å². The second-order valence-electron chi connectivity index (χ2n) is 4.45. The molecule has 0 bridgehead atoms. The van der Waals surface area contributed by atoms with Crippen LogP contribution >= 0.6 is 0 Å². The average Bonchev–Trinajstić information content (AvgIpc) is 2.39. The van der Waals surface area contributed by atoms with E-state index in [0.29, 0.717) is 5.69 Å². The van der Waals surface area contributed by atoms with Crippen LogP contribution in [0.5, 0.6) is 0 Å². The largest absolute Gasteiger partial charge is 0.383 e. The van der Waals surface area contributed by atoms with Crippen LogP contribution in [0.2, 0.25) is 0 Å². The molecule has 0 spiro atoms. The number of hydrogen-bond acceptors (Lipinski definition) is 5. The zero-order valence-corrected chi connectivity index (χ0v) is 13.5. The molecule has 0 aliphatic carbocycles. The molecule has 0 aromatic heterocycles. The van der Waals surface area contributed by atoms with Gasteiger partial charge in [0.15, 0.2) is 9.84 Å². The van der Waals surface area contributed by atoms with E-state index < -0.39 is 19.9 Å². The van der Waals surface area contributed by atoms with Crippen LogP contribution in [0.1, 0.15) is 6.92 Å². The predicted octanol–water partition coefficient (Wildman–Crippen LogP) is 0.784. The number of hydrogen-bond donors (Lipinski definition) is 1. The maximum Gasteiger partial charge on any atom is 0.244 e. The Morgan fingerprint density at radius 3 is 2.25 bits per heavy atom. The molecule has 0 fully saturated rings. The lowest BCUT2D eigenvalue weighted by Crippen LogP contribution is -2.24. The summed E-state index contributed by atoms with van der Waals surface area (Å²) in [6.45, 7) is 1.76. The maximum atomic E-state index is 12.1. The van der Waals surface area contributed by atoms with Gasteiger partial charge in [0.25, 0.3) is 0 Å². The third-order valence-corrected chi connectivity index (χ3v) is 6.39. The van der Waals surface area contributed by atoms with Crippen LogP contribution in [0.25, 0.3) is 0 Å². The average molecular weight is 320 g/mol. The summed E-state index contributed by atoms with van der Waals surface area (Å²) in [5, 5.41) is 2.88. The summed E-state index contributed by atoms with van der Waals surface area (Å²) in [4.78, 5) is 0.138. The Labute approximate surface area is 120 Å². The quantitative estimate of drug-likeness (QED) is 0.803. The predicted molar refractivity (Wildman–Crippen MR) is 80.1 cm³/mol. The zero-order chi connectivity index (χ0) is 15.4. The highest BCUT2D eigenvalue weighted by Crippen LogP contribution is 2.22. The number of nitrogens with zero attached hydrogens (tertiary/aromatic N) is 1. The molecule has 0 atom stereocenters. The van der Waals surface area contributed by atoms with Crippen molar-refractivity contribution in [1.82, 2.24) is 4.31 Å². The van der Waals surface area contributed by atoms with Crippen LogP contribution < -0.4 is 5.32 Å². The van der Waals surface area contributed by atoms with Crippen LogP contribution in [-0.4, -0.2) is 53.3 Å². The summed E-state index contributed by atoms with van der Waals surface area (Å²) in [5.41, 5.74) is 0.410. The van der Waals surface area contributed by atoms with Crippen LogP contribution in [0.15, 0.2) is 29.2 Å². The van der Waals surface area contributed by atoms with Gasteiger partial charge >= 0.3 is 0 Å². The molecule has 1 rings (SSSR count). The molecule has 1 N–H and O–H groups in total. The van der Waals surface area contributed by atoms with Crippen LogP contribution in [0.3, 0.4) is 0 Å². The van der Waals surface area contributed by atoms with E-state index >= 15 is 0 Å². The Morgan fingerprint density at radius 2 is 1.70 bits per heavy atom. The standard InChI is InChI=1S/C12H20N2O4S2/c1-4-19(15,16)10-9-13-11-7-5-6-8-12(11)20(17,18)14(2)3/h5-8,13H,4,9-10H2,1-3H3. The Morgan fingerprint density at radius 1 is 1.10 bits per heavy atom. The second kappa shape index (κ2) is 6.55. The second-order valence-corrected chi connectivity index (χ2v) is 9.04. The molecule has 1 aromatic carbocycles. The van der Waals surface area contributed by atoms with Crippen molar-refractivity contribution in [2.45, 2.75) is 11.8 Å². The number of nitrogens with one attached hydrogen (secondary N) is 1. The molecular weight excluding hydrogens is 300 g/mol. The van der Waals surface area contributed by atoms with Gasteiger partial charge in [-0.25, -0.2) is 21.1 Å². The molecule has 0 aliphatic rings. The monoisotopic (exact) mass is 320 g/mol. The minimum Gasteiger partial charge on any atom is -0.383 e. The smallest absolute Gasteiger partial charge is 0.244 e. The maximum absolute atomic E-state index is 12.1. The molecule has 20 heavy (non-hydrogen) atoms. The van der Waals surface area contributed by atoms with E-state index in [1.807, 2.05) is 0 Å². The minimum absolute atomic E-state index is 0.0279. The van der Waals surface area contributed by atoms with Crippen LogP contribution in [0.4, 0.5) is 5.69 Å². The molecule has 0 saturated heterocycles. The van der Waals surface area contributed by atoms with Crippen molar-refractivity contribution in [2.24, 2.45) is 0 Å². The Bertz CT molecular complexity index is 652. The Balaban J connectivity index is 2.93. The molecule has 0 heterocycles. The number of sulfonamides is 1. The SMILES string of the molecule is CCS(=O)(=O)CCNc1ccccc1S(=O)(=O)N(C)C. The summed E-state index contributed by atoms with van der Waals surface area (Å²) < 4.78 is 48.2. The van der Waals surface area contributed by atoms with Crippen molar-refractivity contribution < 1.29 is 16.8 Å². The summed E-state index contributed by atoms with van der Waals surface area (Å²) in [6, 6.07) is 6.44. The molecule has 0 aliphatic heterocycles. The van der Waals surface area contributed by atoms with Gasteiger partial charge in [-0.1, -0.05) is 19.1 Å². The lowest BCUT2D eigenvalue weighted by Gasteiger charge is -2.16. The van der Waals surface area contributed by atoms with Crippen molar-refractivity contribution in [1.29, 1.82) is 0 Å². The van der Waals surface area contributed by atoms with Crippen molar-refractivity contribution in [3.05, 3.63) is 24.3 Å². The van der Waals surface area contributed by atoms with E-state index in [1.165, 1.54) is 20.2 Å². The fourth-order valence-electron chi connectivity index (χ4n) is 1.52. The number of sulfone groups is 1. The highest BCUT2D eigenvalue weighted by molar-refractivity contribution is 7.91. The topological polar surface area (TPSA) is 83.5 Å². The molecule has 0 saturated carbocycles. The van der Waals surface area contributed by atoms with Gasteiger partial charge in [-0.2, -0.15) is 0 Å². The summed E-state index contributed by atoms with van der Waals surface area (Å²) >= 11 is 0. The van der Waals surface area contributed by atoms with Crippen molar-refractivity contribution in [3.63, 3.8) is 0 Å². The molecular formula is C12H20N2O4S2. The van der Waals surface area contributed by atoms with Crippen molar-refractivity contribution >= 4 is 25.5 Å². The first-order valence-corrected chi connectivity index (χ1v) is 9.42. The van der Waals surface area contributed by atoms with Crippen LogP contribution in [0, 0.1) is 0 Å². The van der Waals surface area contributed by atoms with E-state index in [9.17, 15) is 16.8 Å². The first kappa shape index (κ1) is 16.9. The lowest BCUT2D eigenvalue weighted by atomic mass is 10.3. The molecule has 0 amide bonds. The third-order valence-electron chi connectivity index (χ3n) is 2.81. The molecule has 1 aromatic rings. The highest BCUT2D eigenvalue weighted by atomic mass is 32.2. The normalized spacial score (nSPS) is 12.6. The Hall–Kier alpha value is -1.12. The number of rotatable bonds is 7. The molecule has 0 radical (unpaired) electrons. The first-order valence-electron chi connectivity index (χ1n) is 6.16. The van der Waals surface area contributed by atoms with Gasteiger partial charge in [0.2, 0.25) is 10.0 Å². The van der Waals surface area contributed by atoms with E-state index in [1.54, 1.807) is 25.1 Å². The van der Waals surface area contributed by atoms with Gasteiger partial charge in [0.1, 0.15) is 4.90 Å². The van der Waals surface area contributed by atoms with Crippen LogP contribution in [-0.2, 0) is 19.9 Å². The van der Waals surface area contributed by atoms with Crippen molar-refractivity contribution in [3.8, 4) is 0 Å². The molecule has 114 valence electrons. The lowest BCUT2D eigenvalue weighted by molar-refractivity contribution is 0.521. The van der Waals surface area contributed by atoms with Gasteiger partial charge in [-0.15, -0.1) is 0 Å². The van der Waals surface area contributed by atoms with E-state index in [4.69, 9.17) is 0 Å².